The van der Waals surface area contributed by atoms with Gasteiger partial charge < -0.3 is 14.4 Å². The molecule has 3 heterocycles. The van der Waals surface area contributed by atoms with Crippen LogP contribution in [-0.2, 0) is 11.3 Å². The summed E-state index contributed by atoms with van der Waals surface area (Å²) in [6.07, 6.45) is 16.0. The van der Waals surface area contributed by atoms with Gasteiger partial charge in [0.1, 0.15) is 0 Å². The first-order valence-corrected chi connectivity index (χ1v) is 15.8. The summed E-state index contributed by atoms with van der Waals surface area (Å²) in [4.78, 5) is 44.3. The standard InChI is InChI=1S/C34H47N3O3/c1-2-34(18-22-35(23-19-34)31(38)17-16-27-12-6-3-7-13-27)26-37-25-30(33(40)36-20-10-5-11-21-36)29(24-32(37)39)28-14-8-4-9-15-28/h4,8-9,14-15,24-25,27H,2-3,5-7,10-13,16-23,26H2,1H3. The minimum Gasteiger partial charge on any atom is -0.343 e. The highest BCUT2D eigenvalue weighted by Crippen LogP contribution is 2.37. The number of hydrogen-bond acceptors (Lipinski definition) is 3. The highest BCUT2D eigenvalue weighted by atomic mass is 16.2. The fourth-order valence-electron chi connectivity index (χ4n) is 7.17. The van der Waals surface area contributed by atoms with Gasteiger partial charge in [0.05, 0.1) is 5.56 Å². The molecule has 1 aliphatic carbocycles. The Hall–Kier alpha value is -2.89. The van der Waals surface area contributed by atoms with Gasteiger partial charge in [-0.3, -0.25) is 14.4 Å². The number of benzene rings is 1. The van der Waals surface area contributed by atoms with Gasteiger partial charge in [0, 0.05) is 57.0 Å². The van der Waals surface area contributed by atoms with Gasteiger partial charge >= 0.3 is 0 Å². The zero-order valence-corrected chi connectivity index (χ0v) is 24.4. The number of amides is 2. The molecule has 1 saturated carbocycles. The Morgan fingerprint density at radius 1 is 0.875 bits per heavy atom. The Balaban J connectivity index is 1.31. The normalized spacial score (nSPS) is 19.9. The number of pyridine rings is 1. The van der Waals surface area contributed by atoms with Gasteiger partial charge in [-0.1, -0.05) is 69.4 Å². The van der Waals surface area contributed by atoms with Crippen LogP contribution in [0.3, 0.4) is 0 Å². The maximum atomic E-state index is 13.8. The third kappa shape index (κ3) is 6.70. The largest absolute Gasteiger partial charge is 0.343 e. The number of nitrogens with zero attached hydrogens (tertiary/aromatic N) is 3. The number of carbonyl (C=O) groups is 2. The van der Waals surface area contributed by atoms with Gasteiger partial charge in [-0.15, -0.1) is 0 Å². The van der Waals surface area contributed by atoms with E-state index in [2.05, 4.69) is 11.8 Å². The lowest BCUT2D eigenvalue weighted by atomic mass is 9.75. The zero-order valence-electron chi connectivity index (χ0n) is 24.4. The molecule has 2 amide bonds. The molecule has 1 aromatic carbocycles. The van der Waals surface area contributed by atoms with Gasteiger partial charge in [0.25, 0.3) is 11.5 Å². The predicted octanol–water partition coefficient (Wildman–Crippen LogP) is 6.52. The van der Waals surface area contributed by atoms with Crippen LogP contribution in [0.5, 0.6) is 0 Å². The van der Waals surface area contributed by atoms with E-state index in [0.717, 1.165) is 88.2 Å². The van der Waals surface area contributed by atoms with Crippen molar-refractivity contribution in [3.05, 3.63) is 58.5 Å². The molecule has 2 aromatic rings. The molecule has 0 spiro atoms. The summed E-state index contributed by atoms with van der Waals surface area (Å²) in [5.74, 6) is 1.05. The Bertz CT molecular complexity index is 1200. The van der Waals surface area contributed by atoms with E-state index >= 15 is 0 Å². The number of rotatable bonds is 8. The molecule has 2 saturated heterocycles. The molecule has 0 bridgehead atoms. The van der Waals surface area contributed by atoms with Crippen molar-refractivity contribution in [3.8, 4) is 11.1 Å². The second-order valence-electron chi connectivity index (χ2n) is 12.6. The van der Waals surface area contributed by atoms with Crippen LogP contribution in [0.2, 0.25) is 0 Å². The molecule has 6 nitrogen and oxygen atoms in total. The number of aromatic nitrogens is 1. The Morgan fingerprint density at radius 3 is 2.23 bits per heavy atom. The minimum atomic E-state index is -0.0622. The van der Waals surface area contributed by atoms with Crippen molar-refractivity contribution in [1.29, 1.82) is 0 Å². The summed E-state index contributed by atoms with van der Waals surface area (Å²) in [5, 5.41) is 0. The second kappa shape index (κ2) is 13.2. The quantitative estimate of drug-likeness (QED) is 0.379. The van der Waals surface area contributed by atoms with E-state index in [0.29, 0.717) is 24.4 Å². The molecule has 0 radical (unpaired) electrons. The molecular formula is C34H47N3O3. The van der Waals surface area contributed by atoms with Crippen LogP contribution in [0, 0.1) is 11.3 Å². The first kappa shape index (κ1) is 28.6. The predicted molar refractivity (Wildman–Crippen MR) is 160 cm³/mol. The summed E-state index contributed by atoms with van der Waals surface area (Å²) in [6, 6.07) is 11.5. The molecule has 2 aliphatic heterocycles. The van der Waals surface area contributed by atoms with E-state index in [1.807, 2.05) is 41.4 Å². The maximum Gasteiger partial charge on any atom is 0.255 e. The van der Waals surface area contributed by atoms with E-state index in [1.54, 1.807) is 10.6 Å². The molecule has 40 heavy (non-hydrogen) atoms. The Kier molecular flexibility index (Phi) is 9.44. The van der Waals surface area contributed by atoms with Gasteiger partial charge in [-0.05, 0) is 61.8 Å². The van der Waals surface area contributed by atoms with Crippen molar-refractivity contribution in [2.45, 2.75) is 96.9 Å². The summed E-state index contributed by atoms with van der Waals surface area (Å²) in [7, 11) is 0. The molecular weight excluding hydrogens is 498 g/mol. The zero-order chi connectivity index (χ0) is 28.0. The van der Waals surface area contributed by atoms with Crippen LogP contribution in [0.4, 0.5) is 0 Å². The molecule has 3 fully saturated rings. The average molecular weight is 546 g/mol. The number of hydrogen-bond donors (Lipinski definition) is 0. The molecule has 1 aromatic heterocycles. The molecule has 0 unspecified atom stereocenters. The van der Waals surface area contributed by atoms with E-state index in [-0.39, 0.29) is 16.9 Å². The molecule has 6 heteroatoms. The number of piperidine rings is 2. The first-order valence-electron chi connectivity index (χ1n) is 15.8. The Morgan fingerprint density at radius 2 is 1.55 bits per heavy atom. The summed E-state index contributed by atoms with van der Waals surface area (Å²) < 4.78 is 1.79. The van der Waals surface area contributed by atoms with Crippen molar-refractivity contribution in [3.63, 3.8) is 0 Å². The van der Waals surface area contributed by atoms with Crippen molar-refractivity contribution < 1.29 is 9.59 Å². The molecule has 0 atom stereocenters. The van der Waals surface area contributed by atoms with Gasteiger partial charge in [0.2, 0.25) is 5.91 Å². The lowest BCUT2D eigenvalue weighted by Gasteiger charge is -2.42. The lowest BCUT2D eigenvalue weighted by Crippen LogP contribution is -2.45. The molecule has 3 aliphatic rings. The molecule has 5 rings (SSSR count). The monoisotopic (exact) mass is 545 g/mol. The number of likely N-dealkylation sites (tertiary alicyclic amines) is 2. The van der Waals surface area contributed by atoms with E-state index < -0.39 is 0 Å². The first-order chi connectivity index (χ1) is 19.5. The van der Waals surface area contributed by atoms with Crippen molar-refractivity contribution >= 4 is 11.8 Å². The maximum absolute atomic E-state index is 13.8. The average Bonchev–Trinajstić information content (AvgIpc) is 3.02. The fraction of sp³-hybridized carbons (Fsp3) is 0.618. The molecule has 216 valence electrons. The SMILES string of the molecule is CCC1(Cn2cc(C(=O)N3CCCCC3)c(-c3ccccc3)cc2=O)CCN(C(=O)CCC2CCCCC2)CC1. The van der Waals surface area contributed by atoms with Crippen LogP contribution in [0.1, 0.15) is 101 Å². The lowest BCUT2D eigenvalue weighted by molar-refractivity contribution is -0.134. The van der Waals surface area contributed by atoms with Gasteiger partial charge in [0.15, 0.2) is 0 Å². The smallest absolute Gasteiger partial charge is 0.255 e. The van der Waals surface area contributed by atoms with Gasteiger partial charge in [-0.2, -0.15) is 0 Å². The van der Waals surface area contributed by atoms with E-state index in [9.17, 15) is 14.4 Å². The summed E-state index contributed by atoms with van der Waals surface area (Å²) >= 11 is 0. The van der Waals surface area contributed by atoms with Crippen molar-refractivity contribution in [1.82, 2.24) is 14.4 Å². The third-order valence-electron chi connectivity index (χ3n) is 10.0. The van der Waals surface area contributed by atoms with E-state index in [1.165, 1.54) is 32.1 Å². The fourth-order valence-corrected chi connectivity index (χ4v) is 7.17. The minimum absolute atomic E-state index is 0.0243. The third-order valence-corrected chi connectivity index (χ3v) is 10.0. The second-order valence-corrected chi connectivity index (χ2v) is 12.6. The molecule has 0 N–H and O–H groups in total. The van der Waals surface area contributed by atoms with Crippen LogP contribution in [-0.4, -0.2) is 52.4 Å². The van der Waals surface area contributed by atoms with Crippen molar-refractivity contribution in [2.75, 3.05) is 26.2 Å². The van der Waals surface area contributed by atoms with Crippen LogP contribution < -0.4 is 5.56 Å². The highest BCUT2D eigenvalue weighted by molar-refractivity contribution is 6.00. The van der Waals surface area contributed by atoms with Crippen molar-refractivity contribution in [2.24, 2.45) is 11.3 Å². The Labute approximate surface area is 239 Å². The summed E-state index contributed by atoms with van der Waals surface area (Å²) in [5.41, 5.74) is 2.13. The van der Waals surface area contributed by atoms with Crippen LogP contribution in [0.25, 0.3) is 11.1 Å². The van der Waals surface area contributed by atoms with Crippen LogP contribution in [0.15, 0.2) is 47.4 Å². The number of carbonyl (C=O) groups excluding carboxylic acids is 2. The highest BCUT2D eigenvalue weighted by Gasteiger charge is 2.35. The van der Waals surface area contributed by atoms with Gasteiger partial charge in [-0.25, -0.2) is 0 Å². The summed E-state index contributed by atoms with van der Waals surface area (Å²) in [6.45, 7) is 5.85. The topological polar surface area (TPSA) is 62.6 Å². The van der Waals surface area contributed by atoms with Crippen LogP contribution >= 0.6 is 0 Å². The van der Waals surface area contributed by atoms with E-state index in [4.69, 9.17) is 0 Å².